The molecule has 1 heterocycles. The number of hydrogen-bond acceptors (Lipinski definition) is 2. The molecule has 2 rings (SSSR count). The molecule has 1 saturated carbocycles. The fourth-order valence-electron chi connectivity index (χ4n) is 3.57. The van der Waals surface area contributed by atoms with Crippen molar-refractivity contribution in [3.63, 3.8) is 0 Å². The number of guanidine groups is 1. The molecule has 0 saturated heterocycles. The lowest BCUT2D eigenvalue weighted by Crippen LogP contribution is -2.45. The number of aromatic nitrogens is 2. The summed E-state index contributed by atoms with van der Waals surface area (Å²) in [6.07, 6.45) is 11.4. The highest BCUT2D eigenvalue weighted by atomic mass is 15.2. The van der Waals surface area contributed by atoms with Crippen LogP contribution in [0.3, 0.4) is 0 Å². The summed E-state index contributed by atoms with van der Waals surface area (Å²) in [5.41, 5.74) is 0. The van der Waals surface area contributed by atoms with Crippen molar-refractivity contribution in [1.29, 1.82) is 0 Å². The molecular weight excluding hydrogens is 298 g/mol. The molecule has 0 radical (unpaired) electrons. The van der Waals surface area contributed by atoms with Crippen LogP contribution < -0.4 is 10.6 Å². The zero-order valence-corrected chi connectivity index (χ0v) is 15.9. The summed E-state index contributed by atoms with van der Waals surface area (Å²) in [5.74, 6) is 3.78. The third-order valence-corrected chi connectivity index (χ3v) is 5.32. The highest BCUT2D eigenvalue weighted by Crippen LogP contribution is 2.29. The van der Waals surface area contributed by atoms with Crippen LogP contribution in [0.4, 0.5) is 0 Å². The van der Waals surface area contributed by atoms with E-state index in [9.17, 15) is 0 Å². The highest BCUT2D eigenvalue weighted by Gasteiger charge is 2.23. The summed E-state index contributed by atoms with van der Waals surface area (Å²) in [7, 11) is 1.87. The lowest BCUT2D eigenvalue weighted by atomic mass is 9.80. The van der Waals surface area contributed by atoms with Crippen molar-refractivity contribution in [2.75, 3.05) is 13.6 Å². The van der Waals surface area contributed by atoms with Crippen molar-refractivity contribution >= 4 is 5.96 Å². The van der Waals surface area contributed by atoms with E-state index < -0.39 is 0 Å². The Morgan fingerprint density at radius 2 is 2.04 bits per heavy atom. The van der Waals surface area contributed by atoms with Crippen LogP contribution in [0.15, 0.2) is 17.4 Å². The smallest absolute Gasteiger partial charge is 0.191 e. The van der Waals surface area contributed by atoms with Gasteiger partial charge in [-0.25, -0.2) is 4.98 Å². The number of hydrogen-bond donors (Lipinski definition) is 2. The van der Waals surface area contributed by atoms with E-state index in [0.29, 0.717) is 6.04 Å². The summed E-state index contributed by atoms with van der Waals surface area (Å²) in [5, 5.41) is 7.06. The number of nitrogens with one attached hydrogen (secondary N) is 2. The highest BCUT2D eigenvalue weighted by molar-refractivity contribution is 5.79. The third-order valence-electron chi connectivity index (χ3n) is 5.32. The molecule has 0 amide bonds. The van der Waals surface area contributed by atoms with Crippen LogP contribution in [0.5, 0.6) is 0 Å². The van der Waals surface area contributed by atoms with Crippen LogP contribution in [-0.4, -0.2) is 35.1 Å². The first kappa shape index (κ1) is 18.8. The zero-order valence-electron chi connectivity index (χ0n) is 15.9. The maximum absolute atomic E-state index is 4.38. The molecule has 0 unspecified atom stereocenters. The van der Waals surface area contributed by atoms with Gasteiger partial charge in [0, 0.05) is 38.6 Å². The molecule has 1 aliphatic carbocycles. The first-order valence-corrected chi connectivity index (χ1v) is 9.55. The molecule has 1 aromatic rings. The third kappa shape index (κ3) is 5.84. The fraction of sp³-hybridized carbons (Fsp3) is 0.789. The zero-order chi connectivity index (χ0) is 17.4. The first-order valence-electron chi connectivity index (χ1n) is 9.55. The summed E-state index contributed by atoms with van der Waals surface area (Å²) < 4.78 is 2.21. The molecule has 136 valence electrons. The minimum atomic E-state index is 0.583. The van der Waals surface area contributed by atoms with E-state index in [1.165, 1.54) is 25.7 Å². The second kappa shape index (κ2) is 9.70. The molecule has 1 aromatic heterocycles. The molecule has 5 nitrogen and oxygen atoms in total. The van der Waals surface area contributed by atoms with Gasteiger partial charge in [-0.1, -0.05) is 13.8 Å². The van der Waals surface area contributed by atoms with E-state index in [0.717, 1.165) is 49.6 Å². The van der Waals surface area contributed by atoms with Gasteiger partial charge in [-0.05, 0) is 57.3 Å². The van der Waals surface area contributed by atoms with E-state index in [1.54, 1.807) is 0 Å². The lowest BCUT2D eigenvalue weighted by Gasteiger charge is -2.32. The Balaban J connectivity index is 1.60. The maximum Gasteiger partial charge on any atom is 0.191 e. The SMILES string of the molecule is CN=C(NCCCCn1ccnc1C)NC1CCC(C(C)C)CC1. The summed E-state index contributed by atoms with van der Waals surface area (Å²) in [6, 6.07) is 0.583. The summed E-state index contributed by atoms with van der Waals surface area (Å²) >= 11 is 0. The van der Waals surface area contributed by atoms with Crippen molar-refractivity contribution in [1.82, 2.24) is 20.2 Å². The lowest BCUT2D eigenvalue weighted by molar-refractivity contribution is 0.250. The first-order chi connectivity index (χ1) is 11.6. The number of aliphatic imine (C=N–C) groups is 1. The molecule has 1 aliphatic rings. The molecule has 0 atom stereocenters. The largest absolute Gasteiger partial charge is 0.356 e. The number of aryl methyl sites for hydroxylation is 2. The maximum atomic E-state index is 4.38. The Morgan fingerprint density at radius 3 is 2.62 bits per heavy atom. The Labute approximate surface area is 147 Å². The van der Waals surface area contributed by atoms with Gasteiger partial charge in [-0.2, -0.15) is 0 Å². The molecule has 5 heteroatoms. The van der Waals surface area contributed by atoms with Gasteiger partial charge in [-0.15, -0.1) is 0 Å². The molecule has 0 bridgehead atoms. The van der Waals surface area contributed by atoms with E-state index >= 15 is 0 Å². The molecular formula is C19H35N5. The molecule has 0 aromatic carbocycles. The van der Waals surface area contributed by atoms with Gasteiger partial charge in [0.1, 0.15) is 5.82 Å². The molecule has 2 N–H and O–H groups in total. The average Bonchev–Trinajstić information content (AvgIpc) is 2.99. The topological polar surface area (TPSA) is 54.2 Å². The van der Waals surface area contributed by atoms with E-state index in [2.05, 4.69) is 52.1 Å². The predicted octanol–water partition coefficient (Wildman–Crippen LogP) is 3.35. The molecule has 1 fully saturated rings. The Hall–Kier alpha value is -1.52. The normalized spacial score (nSPS) is 22.0. The average molecular weight is 334 g/mol. The molecule has 24 heavy (non-hydrogen) atoms. The predicted molar refractivity (Wildman–Crippen MR) is 101 cm³/mol. The van der Waals surface area contributed by atoms with Crippen molar-refractivity contribution in [2.45, 2.75) is 71.9 Å². The van der Waals surface area contributed by atoms with Crippen molar-refractivity contribution in [3.05, 3.63) is 18.2 Å². The van der Waals surface area contributed by atoms with Crippen molar-refractivity contribution < 1.29 is 0 Å². The Kier molecular flexibility index (Phi) is 7.60. The van der Waals surface area contributed by atoms with E-state index in [4.69, 9.17) is 0 Å². The Morgan fingerprint density at radius 1 is 1.29 bits per heavy atom. The molecule has 0 spiro atoms. The standard InChI is InChI=1S/C19H35N5/c1-15(2)17-7-9-18(10-8-17)23-19(20-4)22-11-5-6-13-24-14-12-21-16(24)3/h12,14-15,17-18H,5-11,13H2,1-4H3,(H2,20,22,23). The van der Waals surface area contributed by atoms with Crippen LogP contribution >= 0.6 is 0 Å². The minimum Gasteiger partial charge on any atom is -0.356 e. The number of unbranched alkanes of at least 4 members (excludes halogenated alkanes) is 1. The van der Waals surface area contributed by atoms with E-state index in [-0.39, 0.29) is 0 Å². The van der Waals surface area contributed by atoms with Gasteiger partial charge in [0.15, 0.2) is 5.96 Å². The molecule has 0 aliphatic heterocycles. The van der Waals surface area contributed by atoms with E-state index in [1.807, 2.05) is 13.2 Å². The minimum absolute atomic E-state index is 0.583. The van der Waals surface area contributed by atoms with Crippen molar-refractivity contribution in [2.24, 2.45) is 16.8 Å². The number of nitrogens with zero attached hydrogens (tertiary/aromatic N) is 3. The van der Waals surface area contributed by atoms with Gasteiger partial charge >= 0.3 is 0 Å². The van der Waals surface area contributed by atoms with Crippen LogP contribution in [0.25, 0.3) is 0 Å². The van der Waals surface area contributed by atoms with Crippen LogP contribution in [0, 0.1) is 18.8 Å². The van der Waals surface area contributed by atoms with Crippen LogP contribution in [0.2, 0.25) is 0 Å². The second-order valence-corrected chi connectivity index (χ2v) is 7.37. The monoisotopic (exact) mass is 333 g/mol. The van der Waals surface area contributed by atoms with Crippen LogP contribution in [-0.2, 0) is 6.54 Å². The Bertz CT molecular complexity index is 498. The number of rotatable bonds is 7. The second-order valence-electron chi connectivity index (χ2n) is 7.37. The van der Waals surface area contributed by atoms with Crippen molar-refractivity contribution in [3.8, 4) is 0 Å². The summed E-state index contributed by atoms with van der Waals surface area (Å²) in [6.45, 7) is 8.76. The van der Waals surface area contributed by atoms with Gasteiger partial charge < -0.3 is 15.2 Å². The fourth-order valence-corrected chi connectivity index (χ4v) is 3.57. The number of imidazole rings is 1. The van der Waals surface area contributed by atoms with Crippen LogP contribution in [0.1, 0.15) is 58.2 Å². The van der Waals surface area contributed by atoms with Gasteiger partial charge in [-0.3, -0.25) is 4.99 Å². The van der Waals surface area contributed by atoms with Gasteiger partial charge in [0.05, 0.1) is 0 Å². The van der Waals surface area contributed by atoms with Gasteiger partial charge in [0.2, 0.25) is 0 Å². The van der Waals surface area contributed by atoms with Gasteiger partial charge in [0.25, 0.3) is 0 Å². The quantitative estimate of drug-likeness (QED) is 0.457. The summed E-state index contributed by atoms with van der Waals surface area (Å²) in [4.78, 5) is 8.63.